The van der Waals surface area contributed by atoms with Crippen molar-refractivity contribution in [1.29, 1.82) is 0 Å². The second-order valence-corrected chi connectivity index (χ2v) is 6.29. The van der Waals surface area contributed by atoms with Gasteiger partial charge in [0.05, 0.1) is 10.6 Å². The molecule has 2 aliphatic rings. The molecule has 1 aromatic heterocycles. The third-order valence-corrected chi connectivity index (χ3v) is 4.02. The molecule has 0 spiro atoms. The maximum atomic E-state index is 11.9. The summed E-state index contributed by atoms with van der Waals surface area (Å²) in [6.07, 6.45) is -0.0554. The molecule has 0 bridgehead atoms. The van der Waals surface area contributed by atoms with Gasteiger partial charge >= 0.3 is 5.69 Å². The van der Waals surface area contributed by atoms with Crippen molar-refractivity contribution in [3.8, 4) is 0 Å². The van der Waals surface area contributed by atoms with Crippen LogP contribution < -0.4 is 11.2 Å². The SMILES string of the molecule is C[C@H]1O[C@@H](n2cc(Br)c(=O)[nH]c2=O)[C@@H]2OC(C)(C)O[C@@H]21. The number of hydrogen-bond donors (Lipinski definition) is 1. The van der Waals surface area contributed by atoms with Gasteiger partial charge < -0.3 is 14.2 Å². The van der Waals surface area contributed by atoms with E-state index in [1.54, 1.807) is 0 Å². The van der Waals surface area contributed by atoms with Crippen LogP contribution in [0.15, 0.2) is 20.3 Å². The number of rotatable bonds is 1. The summed E-state index contributed by atoms with van der Waals surface area (Å²) < 4.78 is 18.9. The molecule has 20 heavy (non-hydrogen) atoms. The highest BCUT2D eigenvalue weighted by molar-refractivity contribution is 9.10. The Labute approximate surface area is 123 Å². The quantitative estimate of drug-likeness (QED) is 0.810. The smallest absolute Gasteiger partial charge is 0.330 e. The summed E-state index contributed by atoms with van der Waals surface area (Å²) in [5.74, 6) is -0.714. The van der Waals surface area contributed by atoms with Crippen LogP contribution in [0.4, 0.5) is 0 Å². The first-order valence-electron chi connectivity index (χ1n) is 6.30. The van der Waals surface area contributed by atoms with Crippen LogP contribution in [0.1, 0.15) is 27.0 Å². The number of hydrogen-bond acceptors (Lipinski definition) is 5. The van der Waals surface area contributed by atoms with Gasteiger partial charge in [-0.15, -0.1) is 0 Å². The van der Waals surface area contributed by atoms with E-state index >= 15 is 0 Å². The fourth-order valence-electron chi connectivity index (χ4n) is 2.65. The molecule has 0 aromatic carbocycles. The molecule has 3 heterocycles. The van der Waals surface area contributed by atoms with E-state index in [-0.39, 0.29) is 16.7 Å². The highest BCUT2D eigenvalue weighted by Gasteiger charge is 2.54. The van der Waals surface area contributed by atoms with Crippen LogP contribution >= 0.6 is 15.9 Å². The Morgan fingerprint density at radius 1 is 1.30 bits per heavy atom. The molecule has 8 heteroatoms. The van der Waals surface area contributed by atoms with Crippen molar-refractivity contribution in [3.63, 3.8) is 0 Å². The van der Waals surface area contributed by atoms with Crippen molar-refractivity contribution in [3.05, 3.63) is 31.5 Å². The zero-order chi connectivity index (χ0) is 14.7. The van der Waals surface area contributed by atoms with Gasteiger partial charge in [0.1, 0.15) is 12.2 Å². The number of aromatic amines is 1. The zero-order valence-electron chi connectivity index (χ0n) is 11.3. The van der Waals surface area contributed by atoms with Crippen LogP contribution in [0.2, 0.25) is 0 Å². The van der Waals surface area contributed by atoms with Crippen molar-refractivity contribution in [2.24, 2.45) is 0 Å². The lowest BCUT2D eigenvalue weighted by atomic mass is 10.1. The van der Waals surface area contributed by atoms with E-state index in [1.165, 1.54) is 10.8 Å². The first-order valence-corrected chi connectivity index (χ1v) is 7.10. The maximum Gasteiger partial charge on any atom is 0.330 e. The molecular formula is C12H15BrN2O5. The average Bonchev–Trinajstić information content (AvgIpc) is 2.80. The summed E-state index contributed by atoms with van der Waals surface area (Å²) in [4.78, 5) is 25.6. The van der Waals surface area contributed by atoms with E-state index in [0.29, 0.717) is 0 Å². The second-order valence-electron chi connectivity index (χ2n) is 5.44. The van der Waals surface area contributed by atoms with Gasteiger partial charge in [-0.1, -0.05) is 0 Å². The number of H-pyrrole nitrogens is 1. The molecule has 2 fully saturated rings. The standard InChI is InChI=1S/C12H15BrN2O5/c1-5-7-8(20-12(2,3)19-7)10(18-5)15-4-6(13)9(16)14-11(15)17/h4-5,7-8,10H,1-3H3,(H,14,16,17)/t5-,7-,8-,10-/m1/s1. The number of ether oxygens (including phenoxy) is 3. The lowest BCUT2D eigenvalue weighted by molar-refractivity contribution is -0.195. The second kappa shape index (κ2) is 4.52. The minimum Gasteiger partial charge on any atom is -0.349 e. The Bertz CT molecular complexity index is 652. The van der Waals surface area contributed by atoms with Gasteiger partial charge in [0.2, 0.25) is 0 Å². The van der Waals surface area contributed by atoms with E-state index in [0.717, 1.165) is 0 Å². The molecule has 4 atom stereocenters. The number of nitrogens with zero attached hydrogens (tertiary/aromatic N) is 1. The summed E-state index contributed by atoms with van der Waals surface area (Å²) in [6, 6.07) is 0. The Balaban J connectivity index is 2.01. The number of fused-ring (bicyclic) bond motifs is 1. The third kappa shape index (κ3) is 2.16. The van der Waals surface area contributed by atoms with Crippen LogP contribution in [0.25, 0.3) is 0 Å². The lowest BCUT2D eigenvalue weighted by Gasteiger charge is -2.23. The highest BCUT2D eigenvalue weighted by atomic mass is 79.9. The topological polar surface area (TPSA) is 82.6 Å². The van der Waals surface area contributed by atoms with Crippen molar-refractivity contribution >= 4 is 15.9 Å². The van der Waals surface area contributed by atoms with E-state index in [1.807, 2.05) is 20.8 Å². The molecule has 0 amide bonds. The molecule has 2 aliphatic heterocycles. The predicted octanol–water partition coefficient (Wildman–Crippen LogP) is 0.736. The van der Waals surface area contributed by atoms with Gasteiger partial charge in [-0.05, 0) is 36.7 Å². The van der Waals surface area contributed by atoms with Crippen LogP contribution in [0, 0.1) is 0 Å². The zero-order valence-corrected chi connectivity index (χ0v) is 12.8. The fraction of sp³-hybridized carbons (Fsp3) is 0.667. The minimum absolute atomic E-state index is 0.204. The van der Waals surface area contributed by atoms with Gasteiger partial charge in [0, 0.05) is 6.20 Å². The first-order chi connectivity index (χ1) is 9.28. The Morgan fingerprint density at radius 2 is 1.95 bits per heavy atom. The van der Waals surface area contributed by atoms with Crippen molar-refractivity contribution < 1.29 is 14.2 Å². The third-order valence-electron chi connectivity index (χ3n) is 3.46. The summed E-state index contributed by atoms with van der Waals surface area (Å²) in [5.41, 5.74) is -1.01. The van der Waals surface area contributed by atoms with E-state index in [4.69, 9.17) is 14.2 Å². The van der Waals surface area contributed by atoms with Gasteiger partial charge in [-0.3, -0.25) is 14.3 Å². The van der Waals surface area contributed by atoms with Gasteiger partial charge in [-0.2, -0.15) is 0 Å². The summed E-state index contributed by atoms with van der Waals surface area (Å²) in [6.45, 7) is 5.51. The molecule has 2 saturated heterocycles. The number of nitrogens with one attached hydrogen (secondary N) is 1. The molecule has 3 rings (SSSR count). The summed E-state index contributed by atoms with van der Waals surface area (Å²) in [5, 5.41) is 0. The normalized spacial score (nSPS) is 35.2. The van der Waals surface area contributed by atoms with Crippen LogP contribution in [-0.2, 0) is 14.2 Å². The average molecular weight is 347 g/mol. The highest BCUT2D eigenvalue weighted by Crippen LogP contribution is 2.42. The summed E-state index contributed by atoms with van der Waals surface area (Å²) in [7, 11) is 0. The van der Waals surface area contributed by atoms with Gasteiger partial charge in [0.25, 0.3) is 5.56 Å². The van der Waals surface area contributed by atoms with Crippen LogP contribution in [0.3, 0.4) is 0 Å². The molecule has 110 valence electrons. The lowest BCUT2D eigenvalue weighted by Crippen LogP contribution is -2.37. The Morgan fingerprint density at radius 3 is 2.65 bits per heavy atom. The predicted molar refractivity (Wildman–Crippen MR) is 72.4 cm³/mol. The van der Waals surface area contributed by atoms with Gasteiger partial charge in [0.15, 0.2) is 12.0 Å². The molecule has 0 unspecified atom stereocenters. The number of halogens is 1. The molecular weight excluding hydrogens is 332 g/mol. The maximum absolute atomic E-state index is 11.9. The summed E-state index contributed by atoms with van der Waals surface area (Å²) >= 11 is 3.11. The molecule has 7 nitrogen and oxygen atoms in total. The number of aromatic nitrogens is 2. The molecule has 1 N–H and O–H groups in total. The van der Waals surface area contributed by atoms with Crippen LogP contribution in [-0.4, -0.2) is 33.7 Å². The minimum atomic E-state index is -0.714. The molecule has 0 aliphatic carbocycles. The van der Waals surface area contributed by atoms with E-state index in [2.05, 4.69) is 20.9 Å². The fourth-order valence-corrected chi connectivity index (χ4v) is 2.97. The molecule has 1 aromatic rings. The van der Waals surface area contributed by atoms with E-state index in [9.17, 15) is 9.59 Å². The first kappa shape index (κ1) is 14.0. The largest absolute Gasteiger partial charge is 0.349 e. The Kier molecular flexibility index (Phi) is 3.16. The monoisotopic (exact) mass is 346 g/mol. The van der Waals surface area contributed by atoms with Crippen LogP contribution in [0.5, 0.6) is 0 Å². The Hall–Kier alpha value is -0.960. The van der Waals surface area contributed by atoms with Crippen molar-refractivity contribution in [2.45, 2.75) is 51.1 Å². The van der Waals surface area contributed by atoms with Crippen molar-refractivity contribution in [2.75, 3.05) is 0 Å². The van der Waals surface area contributed by atoms with E-state index < -0.39 is 29.4 Å². The molecule has 0 radical (unpaired) electrons. The van der Waals surface area contributed by atoms with Crippen molar-refractivity contribution in [1.82, 2.24) is 9.55 Å². The van der Waals surface area contributed by atoms with Gasteiger partial charge in [-0.25, -0.2) is 4.79 Å². The molecule has 0 saturated carbocycles.